The number of carbonyl (C=O) groups excluding carboxylic acids is 1. The van der Waals surface area contributed by atoms with Crippen molar-refractivity contribution in [3.05, 3.63) is 53.6 Å². The summed E-state index contributed by atoms with van der Waals surface area (Å²) in [6.07, 6.45) is 5.04. The molecule has 0 saturated carbocycles. The van der Waals surface area contributed by atoms with Gasteiger partial charge in [0.2, 0.25) is 15.9 Å². The summed E-state index contributed by atoms with van der Waals surface area (Å²) >= 11 is 1.37. The van der Waals surface area contributed by atoms with E-state index < -0.39 is 10.0 Å². The summed E-state index contributed by atoms with van der Waals surface area (Å²) < 4.78 is 25.5. The van der Waals surface area contributed by atoms with Gasteiger partial charge in [-0.05, 0) is 55.0 Å². The van der Waals surface area contributed by atoms with Crippen LogP contribution >= 0.6 is 11.8 Å². The maximum atomic E-state index is 12.8. The molecule has 1 aromatic heterocycles. The van der Waals surface area contributed by atoms with Gasteiger partial charge in [0.1, 0.15) is 0 Å². The van der Waals surface area contributed by atoms with E-state index in [1.165, 1.54) is 35.0 Å². The number of fused-ring (bicyclic) bond motifs is 2. The number of amides is 1. The molecule has 32 heavy (non-hydrogen) atoms. The van der Waals surface area contributed by atoms with Crippen molar-refractivity contribution in [2.24, 2.45) is 5.14 Å². The van der Waals surface area contributed by atoms with E-state index in [1.807, 2.05) is 12.1 Å². The minimum atomic E-state index is -3.80. The van der Waals surface area contributed by atoms with Gasteiger partial charge in [-0.15, -0.1) is 0 Å². The van der Waals surface area contributed by atoms with Gasteiger partial charge in [-0.1, -0.05) is 49.4 Å². The van der Waals surface area contributed by atoms with E-state index in [2.05, 4.69) is 33.9 Å². The van der Waals surface area contributed by atoms with Gasteiger partial charge < -0.3 is 9.88 Å². The standard InChI is InChI=1S/C23H28N4O3S2/c1-2-3-13-27-21-12-11-17(32(24,29)30)14-20(21)26-23(27)31-15-22(28)25-19-10-6-8-16-7-4-5-9-18(16)19/h4-5,7,9,11-12,14,19H,2-3,6,8,10,13,15H2,1H3,(H,25,28)(H2,24,29,30)/t19-/m1/s1. The van der Waals surface area contributed by atoms with E-state index in [9.17, 15) is 13.2 Å². The monoisotopic (exact) mass is 472 g/mol. The summed E-state index contributed by atoms with van der Waals surface area (Å²) in [7, 11) is -3.80. The minimum Gasteiger partial charge on any atom is -0.349 e. The average Bonchev–Trinajstić information content (AvgIpc) is 3.12. The maximum absolute atomic E-state index is 12.8. The van der Waals surface area contributed by atoms with Crippen molar-refractivity contribution in [2.45, 2.75) is 61.7 Å². The van der Waals surface area contributed by atoms with E-state index in [0.717, 1.165) is 44.2 Å². The van der Waals surface area contributed by atoms with Crippen molar-refractivity contribution < 1.29 is 13.2 Å². The Morgan fingerprint density at radius 1 is 1.28 bits per heavy atom. The number of imidazole rings is 1. The fourth-order valence-electron chi connectivity index (χ4n) is 4.18. The van der Waals surface area contributed by atoms with E-state index in [1.54, 1.807) is 6.07 Å². The molecule has 0 aliphatic heterocycles. The molecule has 1 atom stereocenters. The summed E-state index contributed by atoms with van der Waals surface area (Å²) in [5.41, 5.74) is 3.93. The summed E-state index contributed by atoms with van der Waals surface area (Å²) in [6, 6.07) is 13.1. The van der Waals surface area contributed by atoms with Crippen LogP contribution in [0, 0.1) is 0 Å². The molecule has 0 unspecified atom stereocenters. The zero-order valence-electron chi connectivity index (χ0n) is 18.1. The van der Waals surface area contributed by atoms with Crippen LogP contribution < -0.4 is 10.5 Å². The summed E-state index contributed by atoms with van der Waals surface area (Å²) in [6.45, 7) is 2.86. The zero-order valence-corrected chi connectivity index (χ0v) is 19.7. The van der Waals surface area contributed by atoms with Crippen molar-refractivity contribution in [2.75, 3.05) is 5.75 Å². The molecule has 0 saturated heterocycles. The smallest absolute Gasteiger partial charge is 0.238 e. The first-order valence-electron chi connectivity index (χ1n) is 10.9. The number of benzene rings is 2. The number of sulfonamides is 1. The Morgan fingerprint density at radius 2 is 2.09 bits per heavy atom. The molecule has 7 nitrogen and oxygen atoms in total. The molecule has 1 aliphatic carbocycles. The van der Waals surface area contributed by atoms with Crippen LogP contribution in [0.3, 0.4) is 0 Å². The fourth-order valence-corrected chi connectivity index (χ4v) is 5.56. The van der Waals surface area contributed by atoms with E-state index in [4.69, 9.17) is 5.14 Å². The Morgan fingerprint density at radius 3 is 2.88 bits per heavy atom. The number of unbranched alkanes of at least 4 members (excludes halogenated alkanes) is 1. The number of rotatable bonds is 8. The number of nitrogens with one attached hydrogen (secondary N) is 1. The molecule has 0 spiro atoms. The van der Waals surface area contributed by atoms with Gasteiger partial charge >= 0.3 is 0 Å². The van der Waals surface area contributed by atoms with Crippen LogP contribution in [0.15, 0.2) is 52.5 Å². The van der Waals surface area contributed by atoms with Gasteiger partial charge in [-0.2, -0.15) is 0 Å². The SMILES string of the molecule is CCCCn1c(SCC(=O)N[C@@H]2CCCc3ccccc32)nc2cc(S(N)(=O)=O)ccc21. The molecule has 3 N–H and O–H groups in total. The Kier molecular flexibility index (Phi) is 6.88. The third kappa shape index (κ3) is 5.00. The zero-order chi connectivity index (χ0) is 22.7. The van der Waals surface area contributed by atoms with Crippen molar-refractivity contribution in [1.29, 1.82) is 0 Å². The lowest BCUT2D eigenvalue weighted by Crippen LogP contribution is -2.32. The van der Waals surface area contributed by atoms with Gasteiger partial charge in [0.05, 0.1) is 27.7 Å². The Labute approximate surface area is 192 Å². The van der Waals surface area contributed by atoms with Crippen molar-refractivity contribution in [3.63, 3.8) is 0 Å². The second kappa shape index (κ2) is 9.64. The molecule has 9 heteroatoms. The van der Waals surface area contributed by atoms with Crippen LogP contribution in [0.2, 0.25) is 0 Å². The highest BCUT2D eigenvalue weighted by molar-refractivity contribution is 7.99. The summed E-state index contributed by atoms with van der Waals surface area (Å²) in [5.74, 6) is 0.215. The number of hydrogen-bond acceptors (Lipinski definition) is 5. The van der Waals surface area contributed by atoms with Crippen molar-refractivity contribution in [1.82, 2.24) is 14.9 Å². The molecule has 170 valence electrons. The van der Waals surface area contributed by atoms with Gasteiger partial charge in [0, 0.05) is 6.54 Å². The third-order valence-corrected chi connectivity index (χ3v) is 7.67. The molecular weight excluding hydrogens is 444 g/mol. The van der Waals surface area contributed by atoms with Crippen LogP contribution in [0.4, 0.5) is 0 Å². The number of primary sulfonamides is 1. The highest BCUT2D eigenvalue weighted by atomic mass is 32.2. The topological polar surface area (TPSA) is 107 Å². The Balaban J connectivity index is 1.51. The molecule has 1 aliphatic rings. The fraction of sp³-hybridized carbons (Fsp3) is 0.391. The number of thioether (sulfide) groups is 1. The minimum absolute atomic E-state index is 0.0315. The van der Waals surface area contributed by atoms with Gasteiger partial charge in [-0.25, -0.2) is 18.5 Å². The first kappa shape index (κ1) is 22.8. The number of hydrogen-bond donors (Lipinski definition) is 2. The Hall–Kier alpha value is -2.36. The number of carbonyl (C=O) groups is 1. The lowest BCUT2D eigenvalue weighted by atomic mass is 9.88. The third-order valence-electron chi connectivity index (χ3n) is 5.79. The van der Waals surface area contributed by atoms with Crippen LogP contribution in [0.1, 0.15) is 49.8 Å². The van der Waals surface area contributed by atoms with E-state index >= 15 is 0 Å². The Bertz CT molecular complexity index is 1240. The highest BCUT2D eigenvalue weighted by Crippen LogP contribution is 2.30. The van der Waals surface area contributed by atoms with Crippen LogP contribution in [0.25, 0.3) is 11.0 Å². The predicted octanol–water partition coefficient (Wildman–Crippen LogP) is 3.77. The number of nitrogens with two attached hydrogens (primary N) is 1. The lowest BCUT2D eigenvalue weighted by Gasteiger charge is -2.26. The molecular formula is C23H28N4O3S2. The quantitative estimate of drug-likeness (QED) is 0.485. The average molecular weight is 473 g/mol. The maximum Gasteiger partial charge on any atom is 0.238 e. The van der Waals surface area contributed by atoms with Crippen molar-refractivity contribution in [3.8, 4) is 0 Å². The summed E-state index contributed by atoms with van der Waals surface area (Å²) in [5, 5.41) is 9.16. The second-order valence-corrected chi connectivity index (χ2v) is 10.6. The predicted molar refractivity (Wildman–Crippen MR) is 127 cm³/mol. The number of nitrogens with zero attached hydrogens (tertiary/aromatic N) is 2. The first-order valence-corrected chi connectivity index (χ1v) is 13.4. The molecule has 0 bridgehead atoms. The number of aromatic nitrogens is 2. The van der Waals surface area contributed by atoms with Gasteiger partial charge in [-0.3, -0.25) is 4.79 Å². The summed E-state index contributed by atoms with van der Waals surface area (Å²) in [4.78, 5) is 17.4. The first-order chi connectivity index (χ1) is 15.4. The molecule has 1 heterocycles. The van der Waals surface area contributed by atoms with Gasteiger partial charge in [0.25, 0.3) is 0 Å². The van der Waals surface area contributed by atoms with Crippen molar-refractivity contribution >= 4 is 38.7 Å². The molecule has 3 aromatic rings. The van der Waals surface area contributed by atoms with Crippen LogP contribution in [0.5, 0.6) is 0 Å². The van der Waals surface area contributed by atoms with E-state index in [0.29, 0.717) is 10.7 Å². The number of aryl methyl sites for hydroxylation is 2. The largest absolute Gasteiger partial charge is 0.349 e. The molecule has 0 fully saturated rings. The lowest BCUT2D eigenvalue weighted by molar-refractivity contribution is -0.119. The molecule has 0 radical (unpaired) electrons. The van der Waals surface area contributed by atoms with E-state index in [-0.39, 0.29) is 22.6 Å². The molecule has 2 aromatic carbocycles. The van der Waals surface area contributed by atoms with Gasteiger partial charge in [0.15, 0.2) is 5.16 Å². The second-order valence-electron chi connectivity index (χ2n) is 8.09. The van der Waals surface area contributed by atoms with Crippen LogP contribution in [-0.2, 0) is 27.8 Å². The van der Waals surface area contributed by atoms with Crippen LogP contribution in [-0.4, -0.2) is 29.6 Å². The molecule has 4 rings (SSSR count). The normalized spacial score (nSPS) is 16.1. The molecule has 1 amide bonds. The highest BCUT2D eigenvalue weighted by Gasteiger charge is 2.22.